The Balaban J connectivity index is 2.16. The number of methoxy groups -OCH3 is 1. The highest BCUT2D eigenvalue weighted by Gasteiger charge is 2.06. The molecule has 0 amide bonds. The Bertz CT molecular complexity index is 456. The van der Waals surface area contributed by atoms with Crippen LogP contribution in [0.1, 0.15) is 13.3 Å². The first-order valence-electron chi connectivity index (χ1n) is 8.49. The third-order valence-electron chi connectivity index (χ3n) is 3.55. The SMILES string of the molecule is CN=C(NCCCN(C)CCOC)NCC(C)Sc1ccccc1. The van der Waals surface area contributed by atoms with Crippen molar-refractivity contribution in [1.82, 2.24) is 15.5 Å². The first-order chi connectivity index (χ1) is 11.7. The molecule has 136 valence electrons. The van der Waals surface area contributed by atoms with E-state index in [1.54, 1.807) is 7.11 Å². The van der Waals surface area contributed by atoms with Crippen LogP contribution in [0.15, 0.2) is 40.2 Å². The number of nitrogens with one attached hydrogen (secondary N) is 2. The second-order valence-electron chi connectivity index (χ2n) is 5.77. The average Bonchev–Trinajstić information content (AvgIpc) is 2.60. The van der Waals surface area contributed by atoms with E-state index in [1.165, 1.54) is 4.90 Å². The van der Waals surface area contributed by atoms with Crippen LogP contribution in [0.5, 0.6) is 0 Å². The summed E-state index contributed by atoms with van der Waals surface area (Å²) < 4.78 is 5.08. The van der Waals surface area contributed by atoms with Crippen LogP contribution >= 0.6 is 11.8 Å². The lowest BCUT2D eigenvalue weighted by Gasteiger charge is -2.18. The second kappa shape index (κ2) is 13.1. The Hall–Kier alpha value is -1.24. The van der Waals surface area contributed by atoms with Crippen LogP contribution in [0.2, 0.25) is 0 Å². The van der Waals surface area contributed by atoms with Gasteiger partial charge in [-0.2, -0.15) is 0 Å². The Kier molecular flexibility index (Phi) is 11.4. The van der Waals surface area contributed by atoms with Crippen LogP contribution in [0.25, 0.3) is 0 Å². The van der Waals surface area contributed by atoms with E-state index in [0.717, 1.165) is 45.2 Å². The van der Waals surface area contributed by atoms with Crippen molar-refractivity contribution in [2.75, 3.05) is 54.0 Å². The van der Waals surface area contributed by atoms with E-state index in [-0.39, 0.29) is 0 Å². The number of rotatable bonds is 11. The van der Waals surface area contributed by atoms with Crippen molar-refractivity contribution in [2.24, 2.45) is 4.99 Å². The highest BCUT2D eigenvalue weighted by Crippen LogP contribution is 2.21. The smallest absolute Gasteiger partial charge is 0.191 e. The summed E-state index contributed by atoms with van der Waals surface area (Å²) in [5.74, 6) is 0.870. The van der Waals surface area contributed by atoms with Gasteiger partial charge in [0.2, 0.25) is 0 Å². The molecule has 0 spiro atoms. The van der Waals surface area contributed by atoms with E-state index in [9.17, 15) is 0 Å². The molecule has 5 nitrogen and oxygen atoms in total. The minimum absolute atomic E-state index is 0.478. The Morgan fingerprint density at radius 3 is 2.67 bits per heavy atom. The molecule has 1 atom stereocenters. The normalized spacial score (nSPS) is 13.1. The van der Waals surface area contributed by atoms with Crippen molar-refractivity contribution in [3.05, 3.63) is 30.3 Å². The van der Waals surface area contributed by atoms with Gasteiger partial charge in [0.1, 0.15) is 0 Å². The van der Waals surface area contributed by atoms with Crippen LogP contribution in [-0.2, 0) is 4.74 Å². The van der Waals surface area contributed by atoms with E-state index in [4.69, 9.17) is 4.74 Å². The zero-order valence-electron chi connectivity index (χ0n) is 15.4. The van der Waals surface area contributed by atoms with E-state index in [2.05, 4.69) is 58.8 Å². The number of nitrogens with zero attached hydrogens (tertiary/aromatic N) is 2. The maximum absolute atomic E-state index is 5.08. The van der Waals surface area contributed by atoms with Gasteiger partial charge in [0, 0.05) is 43.9 Å². The molecule has 0 aliphatic carbocycles. The summed E-state index contributed by atoms with van der Waals surface area (Å²) in [6.45, 7) is 6.82. The monoisotopic (exact) mass is 352 g/mol. The van der Waals surface area contributed by atoms with Gasteiger partial charge in [-0.15, -0.1) is 11.8 Å². The zero-order valence-corrected chi connectivity index (χ0v) is 16.2. The van der Waals surface area contributed by atoms with Gasteiger partial charge in [0.25, 0.3) is 0 Å². The molecule has 1 aromatic carbocycles. The first-order valence-corrected chi connectivity index (χ1v) is 9.37. The van der Waals surface area contributed by atoms with Gasteiger partial charge < -0.3 is 20.3 Å². The fourth-order valence-electron chi connectivity index (χ4n) is 2.15. The van der Waals surface area contributed by atoms with Gasteiger partial charge in [-0.05, 0) is 32.1 Å². The summed E-state index contributed by atoms with van der Waals surface area (Å²) in [5, 5.41) is 7.25. The number of ether oxygens (including phenoxy) is 1. The van der Waals surface area contributed by atoms with E-state index in [0.29, 0.717) is 5.25 Å². The predicted octanol–water partition coefficient (Wildman–Crippen LogP) is 2.30. The fraction of sp³-hybridized carbons (Fsp3) is 0.611. The molecule has 0 aliphatic rings. The maximum atomic E-state index is 5.08. The van der Waals surface area contributed by atoms with Crippen LogP contribution < -0.4 is 10.6 Å². The van der Waals surface area contributed by atoms with Gasteiger partial charge in [-0.25, -0.2) is 0 Å². The number of thioether (sulfide) groups is 1. The number of hydrogen-bond donors (Lipinski definition) is 2. The standard InChI is InChI=1S/C18H32N4OS/c1-16(24-17-9-6-5-7-10-17)15-21-18(19-2)20-11-8-12-22(3)13-14-23-4/h5-7,9-10,16H,8,11-15H2,1-4H3,(H2,19,20,21). The van der Waals surface area contributed by atoms with Crippen LogP contribution in [-0.4, -0.2) is 70.1 Å². The van der Waals surface area contributed by atoms with Crippen LogP contribution in [0.4, 0.5) is 0 Å². The Morgan fingerprint density at radius 1 is 1.25 bits per heavy atom. The lowest BCUT2D eigenvalue weighted by Crippen LogP contribution is -2.41. The molecular formula is C18H32N4OS. The molecule has 1 aromatic rings. The summed E-state index contributed by atoms with van der Waals surface area (Å²) in [6.07, 6.45) is 1.08. The molecule has 0 fully saturated rings. The van der Waals surface area contributed by atoms with E-state index < -0.39 is 0 Å². The van der Waals surface area contributed by atoms with Crippen molar-refractivity contribution in [2.45, 2.75) is 23.5 Å². The summed E-state index contributed by atoms with van der Waals surface area (Å²) in [7, 11) is 5.67. The second-order valence-corrected chi connectivity index (χ2v) is 7.28. The quantitative estimate of drug-likeness (QED) is 0.277. The lowest BCUT2D eigenvalue weighted by molar-refractivity contribution is 0.161. The minimum atomic E-state index is 0.478. The largest absolute Gasteiger partial charge is 0.383 e. The number of aliphatic imine (C=N–C) groups is 1. The minimum Gasteiger partial charge on any atom is -0.383 e. The molecule has 0 heterocycles. The first kappa shape index (κ1) is 20.8. The van der Waals surface area contributed by atoms with E-state index in [1.807, 2.05) is 24.9 Å². The summed E-state index contributed by atoms with van der Waals surface area (Å²) in [5.41, 5.74) is 0. The summed E-state index contributed by atoms with van der Waals surface area (Å²) >= 11 is 1.87. The molecule has 0 saturated carbocycles. The molecule has 6 heteroatoms. The molecule has 2 N–H and O–H groups in total. The molecule has 0 bridgehead atoms. The predicted molar refractivity (Wildman–Crippen MR) is 105 cm³/mol. The lowest BCUT2D eigenvalue weighted by atomic mass is 10.4. The zero-order chi connectivity index (χ0) is 17.6. The van der Waals surface area contributed by atoms with Crippen molar-refractivity contribution in [1.29, 1.82) is 0 Å². The Morgan fingerprint density at radius 2 is 2.00 bits per heavy atom. The number of benzene rings is 1. The van der Waals surface area contributed by atoms with Crippen molar-refractivity contribution in [3.63, 3.8) is 0 Å². The molecule has 24 heavy (non-hydrogen) atoms. The Labute approximate surface area is 151 Å². The van der Waals surface area contributed by atoms with Crippen LogP contribution in [0, 0.1) is 0 Å². The molecule has 0 radical (unpaired) electrons. The van der Waals surface area contributed by atoms with Gasteiger partial charge in [0.05, 0.1) is 6.61 Å². The van der Waals surface area contributed by atoms with Crippen molar-refractivity contribution < 1.29 is 4.74 Å². The number of likely N-dealkylation sites (N-methyl/N-ethyl adjacent to an activating group) is 1. The molecule has 0 aromatic heterocycles. The topological polar surface area (TPSA) is 48.9 Å². The van der Waals surface area contributed by atoms with Crippen molar-refractivity contribution >= 4 is 17.7 Å². The highest BCUT2D eigenvalue weighted by atomic mass is 32.2. The third kappa shape index (κ3) is 9.80. The molecule has 1 unspecified atom stereocenters. The molecule has 0 aliphatic heterocycles. The van der Waals surface area contributed by atoms with E-state index >= 15 is 0 Å². The number of guanidine groups is 1. The highest BCUT2D eigenvalue weighted by molar-refractivity contribution is 8.00. The van der Waals surface area contributed by atoms with Crippen LogP contribution in [0.3, 0.4) is 0 Å². The van der Waals surface area contributed by atoms with Gasteiger partial charge in [-0.1, -0.05) is 25.1 Å². The summed E-state index contributed by atoms with van der Waals surface area (Å²) in [4.78, 5) is 7.86. The van der Waals surface area contributed by atoms with Gasteiger partial charge >= 0.3 is 0 Å². The number of hydrogen-bond acceptors (Lipinski definition) is 4. The molecular weight excluding hydrogens is 320 g/mol. The fourth-order valence-corrected chi connectivity index (χ4v) is 3.09. The summed E-state index contributed by atoms with van der Waals surface area (Å²) in [6, 6.07) is 10.5. The maximum Gasteiger partial charge on any atom is 0.191 e. The van der Waals surface area contributed by atoms with Crippen molar-refractivity contribution in [3.8, 4) is 0 Å². The van der Waals surface area contributed by atoms with Gasteiger partial charge in [-0.3, -0.25) is 4.99 Å². The van der Waals surface area contributed by atoms with Gasteiger partial charge in [0.15, 0.2) is 5.96 Å². The average molecular weight is 353 g/mol. The molecule has 1 rings (SSSR count). The third-order valence-corrected chi connectivity index (χ3v) is 4.66. The molecule has 0 saturated heterocycles.